The Morgan fingerprint density at radius 1 is 1.14 bits per heavy atom. The van der Waals surface area contributed by atoms with Gasteiger partial charge in [-0.25, -0.2) is 4.79 Å². The molecular weight excluding hydrogens is 268 g/mol. The summed E-state index contributed by atoms with van der Waals surface area (Å²) in [5.74, 6) is 0.388. The van der Waals surface area contributed by atoms with Crippen LogP contribution < -0.4 is 4.74 Å². The van der Waals surface area contributed by atoms with Gasteiger partial charge in [0.05, 0.1) is 24.4 Å². The number of hydrogen-bond donors (Lipinski definition) is 0. The molecule has 0 saturated heterocycles. The quantitative estimate of drug-likeness (QED) is 0.490. The zero-order valence-corrected chi connectivity index (χ0v) is 11.3. The van der Waals surface area contributed by atoms with Crippen LogP contribution in [-0.4, -0.2) is 19.5 Å². The summed E-state index contributed by atoms with van der Waals surface area (Å²) in [5, 5.41) is 8.71. The van der Waals surface area contributed by atoms with E-state index in [9.17, 15) is 4.79 Å². The van der Waals surface area contributed by atoms with Crippen molar-refractivity contribution >= 4 is 18.1 Å². The zero-order valence-electron chi connectivity index (χ0n) is 11.3. The molecule has 104 valence electrons. The molecule has 0 amide bonds. The number of carbonyl (C=O) groups excluding carboxylic acids is 1. The van der Waals surface area contributed by atoms with E-state index in [0.29, 0.717) is 11.3 Å². The highest BCUT2D eigenvalue weighted by Gasteiger charge is 2.02. The lowest BCUT2D eigenvalue weighted by atomic mass is 10.2. The smallest absolute Gasteiger partial charge is 0.437 e. The molecular formula is C16H12N2O3. The first-order valence-electron chi connectivity index (χ1n) is 6.11. The van der Waals surface area contributed by atoms with Gasteiger partial charge in [-0.15, -0.1) is 0 Å². The minimum absolute atomic E-state index is 0.388. The molecule has 0 saturated carbocycles. The van der Waals surface area contributed by atoms with Crippen LogP contribution in [0.3, 0.4) is 0 Å². The lowest BCUT2D eigenvalue weighted by Gasteiger charge is -2.02. The van der Waals surface area contributed by atoms with Crippen LogP contribution in [0.25, 0.3) is 0 Å². The van der Waals surface area contributed by atoms with Gasteiger partial charge >= 0.3 is 6.16 Å². The van der Waals surface area contributed by atoms with E-state index in [0.717, 1.165) is 11.3 Å². The molecule has 0 N–H and O–H groups in total. The van der Waals surface area contributed by atoms with Crippen molar-refractivity contribution in [3.05, 3.63) is 59.7 Å². The summed E-state index contributed by atoms with van der Waals surface area (Å²) in [5.41, 5.74) is 2.22. The van der Waals surface area contributed by atoms with E-state index in [-0.39, 0.29) is 0 Å². The largest absolute Gasteiger partial charge is 0.513 e. The van der Waals surface area contributed by atoms with E-state index in [1.807, 2.05) is 12.1 Å². The third-order valence-corrected chi connectivity index (χ3v) is 2.61. The van der Waals surface area contributed by atoms with Crippen LogP contribution in [0.4, 0.5) is 10.5 Å². The molecule has 0 atom stereocenters. The first-order chi connectivity index (χ1) is 10.2. The number of rotatable bonds is 3. The number of methoxy groups -OCH3 is 1. The van der Waals surface area contributed by atoms with Crippen molar-refractivity contribution < 1.29 is 14.3 Å². The Hall–Kier alpha value is -3.13. The van der Waals surface area contributed by atoms with Gasteiger partial charge in [0.25, 0.3) is 0 Å². The molecule has 0 fully saturated rings. The second kappa shape index (κ2) is 6.87. The summed E-state index contributed by atoms with van der Waals surface area (Å²) >= 11 is 0. The number of carbonyl (C=O) groups is 1. The summed E-state index contributed by atoms with van der Waals surface area (Å²) in [6.07, 6.45) is 0.931. The van der Waals surface area contributed by atoms with Crippen molar-refractivity contribution in [1.29, 1.82) is 5.26 Å². The maximum absolute atomic E-state index is 10.9. The summed E-state index contributed by atoms with van der Waals surface area (Å²) < 4.78 is 9.26. The van der Waals surface area contributed by atoms with Gasteiger partial charge in [-0.2, -0.15) is 5.26 Å². The van der Waals surface area contributed by atoms with Gasteiger partial charge in [0.15, 0.2) is 0 Å². The third-order valence-electron chi connectivity index (χ3n) is 2.61. The number of hydrogen-bond acceptors (Lipinski definition) is 5. The Morgan fingerprint density at radius 2 is 1.81 bits per heavy atom. The summed E-state index contributed by atoms with van der Waals surface area (Å²) in [4.78, 5) is 15.2. The van der Waals surface area contributed by atoms with E-state index in [1.165, 1.54) is 7.11 Å². The molecule has 0 unspecified atom stereocenters. The fourth-order valence-corrected chi connectivity index (χ4v) is 1.53. The van der Waals surface area contributed by atoms with Gasteiger partial charge in [0.2, 0.25) is 0 Å². The normalized spacial score (nSPS) is 10.1. The molecule has 0 aliphatic carbocycles. The molecule has 0 aliphatic heterocycles. The average Bonchev–Trinajstić information content (AvgIpc) is 2.54. The maximum Gasteiger partial charge on any atom is 0.513 e. The third kappa shape index (κ3) is 4.18. The lowest BCUT2D eigenvalue weighted by molar-refractivity contribution is 0.121. The van der Waals surface area contributed by atoms with Crippen molar-refractivity contribution in [1.82, 2.24) is 0 Å². The Bertz CT molecular complexity index is 683. The van der Waals surface area contributed by atoms with Crippen LogP contribution in [0, 0.1) is 11.3 Å². The van der Waals surface area contributed by atoms with Gasteiger partial charge in [0, 0.05) is 6.21 Å². The summed E-state index contributed by atoms with van der Waals surface area (Å²) in [6, 6.07) is 15.8. The Kier molecular flexibility index (Phi) is 4.67. The van der Waals surface area contributed by atoms with E-state index in [1.54, 1.807) is 42.6 Å². The highest BCUT2D eigenvalue weighted by Crippen LogP contribution is 2.18. The first kappa shape index (κ1) is 14.3. The highest BCUT2D eigenvalue weighted by atomic mass is 16.7. The maximum atomic E-state index is 10.9. The van der Waals surface area contributed by atoms with Crippen molar-refractivity contribution in [2.24, 2.45) is 4.99 Å². The fraction of sp³-hybridized carbons (Fsp3) is 0.0625. The van der Waals surface area contributed by atoms with E-state index >= 15 is 0 Å². The molecule has 0 aliphatic rings. The van der Waals surface area contributed by atoms with Crippen LogP contribution in [0.15, 0.2) is 53.5 Å². The van der Waals surface area contributed by atoms with Crippen molar-refractivity contribution in [3.8, 4) is 11.8 Å². The standard InChI is InChI=1S/C16H12N2O3/c1-20-16(19)21-15-8-6-14(7-9-15)18-11-13-4-2-12(10-17)3-5-13/h2-9,11H,1H3. The van der Waals surface area contributed by atoms with Gasteiger partial charge in [-0.1, -0.05) is 12.1 Å². The molecule has 0 spiro atoms. The van der Waals surface area contributed by atoms with Crippen LogP contribution in [0.1, 0.15) is 11.1 Å². The van der Waals surface area contributed by atoms with Gasteiger partial charge in [-0.05, 0) is 42.0 Å². The number of aliphatic imine (C=N–C) groups is 1. The molecule has 21 heavy (non-hydrogen) atoms. The van der Waals surface area contributed by atoms with E-state index in [4.69, 9.17) is 10.00 Å². The summed E-state index contributed by atoms with van der Waals surface area (Å²) in [7, 11) is 1.25. The van der Waals surface area contributed by atoms with Crippen LogP contribution in [0.2, 0.25) is 0 Å². The zero-order chi connectivity index (χ0) is 15.1. The second-order valence-electron chi connectivity index (χ2n) is 4.04. The average molecular weight is 280 g/mol. The first-order valence-corrected chi connectivity index (χ1v) is 6.11. The Balaban J connectivity index is 2.03. The van der Waals surface area contributed by atoms with Crippen molar-refractivity contribution in [2.45, 2.75) is 0 Å². The van der Waals surface area contributed by atoms with E-state index in [2.05, 4.69) is 15.8 Å². The van der Waals surface area contributed by atoms with Gasteiger partial charge in [0.1, 0.15) is 5.75 Å². The highest BCUT2D eigenvalue weighted by molar-refractivity contribution is 5.82. The molecule has 0 aromatic heterocycles. The van der Waals surface area contributed by atoms with Crippen LogP contribution in [-0.2, 0) is 4.74 Å². The number of nitriles is 1. The lowest BCUT2D eigenvalue weighted by Crippen LogP contribution is -2.06. The molecule has 2 aromatic rings. The minimum atomic E-state index is -0.760. The molecule has 5 heteroatoms. The topological polar surface area (TPSA) is 71.7 Å². The number of benzene rings is 2. The minimum Gasteiger partial charge on any atom is -0.437 e. The number of nitrogens with zero attached hydrogens (tertiary/aromatic N) is 2. The van der Waals surface area contributed by atoms with Gasteiger partial charge in [-0.3, -0.25) is 4.99 Å². The van der Waals surface area contributed by atoms with E-state index < -0.39 is 6.16 Å². The Morgan fingerprint density at radius 3 is 2.38 bits per heavy atom. The summed E-state index contributed by atoms with van der Waals surface area (Å²) in [6.45, 7) is 0. The monoisotopic (exact) mass is 280 g/mol. The molecule has 5 nitrogen and oxygen atoms in total. The van der Waals surface area contributed by atoms with Crippen LogP contribution in [0.5, 0.6) is 5.75 Å². The molecule has 2 aromatic carbocycles. The molecule has 0 radical (unpaired) electrons. The molecule has 0 bridgehead atoms. The van der Waals surface area contributed by atoms with Gasteiger partial charge < -0.3 is 9.47 Å². The van der Waals surface area contributed by atoms with Crippen LogP contribution >= 0.6 is 0 Å². The fourth-order valence-electron chi connectivity index (χ4n) is 1.53. The van der Waals surface area contributed by atoms with Crippen molar-refractivity contribution in [2.75, 3.05) is 7.11 Å². The molecule has 2 rings (SSSR count). The van der Waals surface area contributed by atoms with Crippen molar-refractivity contribution in [3.63, 3.8) is 0 Å². The predicted molar refractivity (Wildman–Crippen MR) is 77.9 cm³/mol. The predicted octanol–water partition coefficient (Wildman–Crippen LogP) is 3.45. The Labute approximate surface area is 122 Å². The SMILES string of the molecule is COC(=O)Oc1ccc(N=Cc2ccc(C#N)cc2)cc1. The molecule has 0 heterocycles. The number of ether oxygens (including phenoxy) is 2. The second-order valence-corrected chi connectivity index (χ2v) is 4.04.